The number of aromatic nitrogens is 2. The van der Waals surface area contributed by atoms with Gasteiger partial charge in [0.05, 0.1) is 17.4 Å². The normalized spacial score (nSPS) is 21.7. The van der Waals surface area contributed by atoms with Gasteiger partial charge in [0.15, 0.2) is 5.60 Å². The second-order valence-electron chi connectivity index (χ2n) is 6.46. The minimum absolute atomic E-state index is 0.151. The van der Waals surface area contributed by atoms with Crippen molar-refractivity contribution in [2.45, 2.75) is 38.8 Å². The van der Waals surface area contributed by atoms with Gasteiger partial charge in [-0.3, -0.25) is 4.79 Å². The Labute approximate surface area is 146 Å². The van der Waals surface area contributed by atoms with Crippen molar-refractivity contribution in [2.24, 2.45) is 0 Å². The fraction of sp³-hybridized carbons (Fsp3) is 0.444. The molecule has 24 heavy (non-hydrogen) atoms. The zero-order valence-corrected chi connectivity index (χ0v) is 15.1. The van der Waals surface area contributed by atoms with Gasteiger partial charge in [-0.25, -0.2) is 4.68 Å². The van der Waals surface area contributed by atoms with Gasteiger partial charge in [0, 0.05) is 11.4 Å². The summed E-state index contributed by atoms with van der Waals surface area (Å²) < 4.78 is 1.90. The highest BCUT2D eigenvalue weighted by molar-refractivity contribution is 7.99. The van der Waals surface area contributed by atoms with Crippen LogP contribution in [0.5, 0.6) is 0 Å². The topological polar surface area (TPSA) is 67.2 Å². The number of aryl methyl sites for hydroxylation is 2. The molecule has 2 N–H and O–H groups in total. The minimum Gasteiger partial charge on any atom is -0.379 e. The summed E-state index contributed by atoms with van der Waals surface area (Å²) in [7, 11) is 0. The van der Waals surface area contributed by atoms with Gasteiger partial charge in [0.25, 0.3) is 5.91 Å². The first-order chi connectivity index (χ1) is 11.4. The van der Waals surface area contributed by atoms with Crippen molar-refractivity contribution < 1.29 is 9.90 Å². The van der Waals surface area contributed by atoms with Crippen LogP contribution < -0.4 is 5.32 Å². The third-order valence-electron chi connectivity index (χ3n) is 4.42. The molecule has 128 valence electrons. The van der Waals surface area contributed by atoms with E-state index in [1.807, 2.05) is 55.8 Å². The number of hydrogen-bond acceptors (Lipinski definition) is 4. The average molecular weight is 345 g/mol. The maximum Gasteiger partial charge on any atom is 0.253 e. The molecule has 5 nitrogen and oxygen atoms in total. The predicted molar refractivity (Wildman–Crippen MR) is 96.5 cm³/mol. The Morgan fingerprint density at radius 1 is 1.38 bits per heavy atom. The SMILES string of the molecule is Cc1cc(C)n(-c2ccc(C(C)NC(=O)C3(O)CCSC3)cc2)n1. The van der Waals surface area contributed by atoms with Crippen LogP contribution in [0.15, 0.2) is 30.3 Å². The molecule has 2 unspecified atom stereocenters. The fourth-order valence-electron chi connectivity index (χ4n) is 2.94. The van der Waals surface area contributed by atoms with Gasteiger partial charge < -0.3 is 10.4 Å². The van der Waals surface area contributed by atoms with Gasteiger partial charge in [0.1, 0.15) is 0 Å². The van der Waals surface area contributed by atoms with Crippen LogP contribution in [0.25, 0.3) is 5.69 Å². The van der Waals surface area contributed by atoms with Gasteiger partial charge in [0.2, 0.25) is 0 Å². The molecule has 2 aromatic rings. The maximum absolute atomic E-state index is 12.3. The first kappa shape index (κ1) is 17.0. The Morgan fingerprint density at radius 3 is 2.62 bits per heavy atom. The third-order valence-corrected chi connectivity index (χ3v) is 5.59. The zero-order chi connectivity index (χ0) is 17.3. The standard InChI is InChI=1S/C18H23N3O2S/c1-12-10-13(2)21(20-12)16-6-4-15(5-7-16)14(3)19-17(22)18(23)8-9-24-11-18/h4-7,10,14,23H,8-9,11H2,1-3H3,(H,19,22). The van der Waals surface area contributed by atoms with Crippen LogP contribution in [-0.2, 0) is 4.79 Å². The number of thioether (sulfide) groups is 1. The molecule has 1 aromatic heterocycles. The summed E-state index contributed by atoms with van der Waals surface area (Å²) in [6, 6.07) is 9.86. The highest BCUT2D eigenvalue weighted by Crippen LogP contribution is 2.28. The lowest BCUT2D eigenvalue weighted by Crippen LogP contribution is -2.47. The number of rotatable bonds is 4. The van der Waals surface area contributed by atoms with Gasteiger partial charge in [-0.1, -0.05) is 12.1 Å². The summed E-state index contributed by atoms with van der Waals surface area (Å²) in [5.41, 5.74) is 2.85. The van der Waals surface area contributed by atoms with Gasteiger partial charge in [-0.2, -0.15) is 16.9 Å². The van der Waals surface area contributed by atoms with E-state index in [1.54, 1.807) is 11.8 Å². The highest BCUT2D eigenvalue weighted by atomic mass is 32.2. The second-order valence-corrected chi connectivity index (χ2v) is 7.56. The lowest BCUT2D eigenvalue weighted by Gasteiger charge is -2.23. The van der Waals surface area contributed by atoms with E-state index in [0.29, 0.717) is 12.2 Å². The number of carbonyl (C=O) groups excluding carboxylic acids is 1. The molecule has 1 amide bonds. The first-order valence-electron chi connectivity index (χ1n) is 8.14. The van der Waals surface area contributed by atoms with Crippen LogP contribution in [0.3, 0.4) is 0 Å². The Hall–Kier alpha value is -1.79. The number of benzene rings is 1. The summed E-state index contributed by atoms with van der Waals surface area (Å²) in [6.45, 7) is 5.93. The third kappa shape index (κ3) is 3.35. The minimum atomic E-state index is -1.22. The lowest BCUT2D eigenvalue weighted by molar-refractivity contribution is -0.137. The number of nitrogens with zero attached hydrogens (tertiary/aromatic N) is 2. The quantitative estimate of drug-likeness (QED) is 0.894. The van der Waals surface area contributed by atoms with Crippen LogP contribution in [0, 0.1) is 13.8 Å². The number of amides is 1. The van der Waals surface area contributed by atoms with Crippen molar-refractivity contribution in [3.63, 3.8) is 0 Å². The molecule has 2 atom stereocenters. The molecule has 1 fully saturated rings. The number of nitrogens with one attached hydrogen (secondary N) is 1. The van der Waals surface area contributed by atoms with Crippen molar-refractivity contribution >= 4 is 17.7 Å². The highest BCUT2D eigenvalue weighted by Gasteiger charge is 2.39. The summed E-state index contributed by atoms with van der Waals surface area (Å²) >= 11 is 1.61. The number of carbonyl (C=O) groups is 1. The molecule has 6 heteroatoms. The Kier molecular flexibility index (Phi) is 4.69. The van der Waals surface area contributed by atoms with E-state index in [0.717, 1.165) is 28.4 Å². The molecule has 0 spiro atoms. The van der Waals surface area contributed by atoms with Crippen LogP contribution in [0.2, 0.25) is 0 Å². The Morgan fingerprint density at radius 2 is 2.08 bits per heavy atom. The van der Waals surface area contributed by atoms with E-state index in [4.69, 9.17) is 0 Å². The molecule has 0 aliphatic carbocycles. The van der Waals surface area contributed by atoms with E-state index >= 15 is 0 Å². The van der Waals surface area contributed by atoms with Crippen molar-refractivity contribution in [2.75, 3.05) is 11.5 Å². The monoisotopic (exact) mass is 345 g/mol. The summed E-state index contributed by atoms with van der Waals surface area (Å²) in [5, 5.41) is 17.7. The van der Waals surface area contributed by atoms with E-state index in [1.165, 1.54) is 0 Å². The average Bonchev–Trinajstić information content (AvgIpc) is 3.14. The maximum atomic E-state index is 12.3. The first-order valence-corrected chi connectivity index (χ1v) is 9.29. The molecule has 1 aliphatic heterocycles. The molecular weight excluding hydrogens is 322 g/mol. The molecule has 1 aliphatic rings. The molecule has 1 saturated heterocycles. The zero-order valence-electron chi connectivity index (χ0n) is 14.2. The van der Waals surface area contributed by atoms with Crippen molar-refractivity contribution in [1.82, 2.24) is 15.1 Å². The Balaban J connectivity index is 1.71. The van der Waals surface area contributed by atoms with E-state index < -0.39 is 5.60 Å². The molecule has 3 rings (SSSR count). The van der Waals surface area contributed by atoms with Crippen LogP contribution in [0.4, 0.5) is 0 Å². The van der Waals surface area contributed by atoms with E-state index in [-0.39, 0.29) is 11.9 Å². The molecule has 0 radical (unpaired) electrons. The van der Waals surface area contributed by atoms with Crippen LogP contribution in [-0.4, -0.2) is 37.9 Å². The molecular formula is C18H23N3O2S. The summed E-state index contributed by atoms with van der Waals surface area (Å²) in [6.07, 6.45) is 0.521. The largest absolute Gasteiger partial charge is 0.379 e. The van der Waals surface area contributed by atoms with Crippen molar-refractivity contribution in [3.8, 4) is 5.69 Å². The lowest BCUT2D eigenvalue weighted by atomic mass is 10.0. The van der Waals surface area contributed by atoms with Crippen molar-refractivity contribution in [1.29, 1.82) is 0 Å². The van der Waals surface area contributed by atoms with E-state index in [2.05, 4.69) is 10.4 Å². The van der Waals surface area contributed by atoms with Gasteiger partial charge in [-0.05, 0) is 56.7 Å². The molecule has 0 saturated carbocycles. The summed E-state index contributed by atoms with van der Waals surface area (Å²) in [4.78, 5) is 12.3. The molecule has 2 heterocycles. The smallest absolute Gasteiger partial charge is 0.253 e. The second kappa shape index (κ2) is 6.61. The van der Waals surface area contributed by atoms with Crippen molar-refractivity contribution in [3.05, 3.63) is 47.3 Å². The molecule has 0 bridgehead atoms. The Bertz CT molecular complexity index is 733. The predicted octanol–water partition coefficient (Wildman–Crippen LogP) is 2.53. The number of hydrogen-bond donors (Lipinski definition) is 2. The van der Waals surface area contributed by atoms with E-state index in [9.17, 15) is 9.90 Å². The van der Waals surface area contributed by atoms with Crippen LogP contribution >= 0.6 is 11.8 Å². The van der Waals surface area contributed by atoms with Gasteiger partial charge in [-0.15, -0.1) is 0 Å². The number of aliphatic hydroxyl groups is 1. The summed E-state index contributed by atoms with van der Waals surface area (Å²) in [5.74, 6) is 1.03. The van der Waals surface area contributed by atoms with Crippen LogP contribution in [0.1, 0.15) is 36.3 Å². The molecule has 1 aromatic carbocycles. The fourth-order valence-corrected chi connectivity index (χ4v) is 4.18. The van der Waals surface area contributed by atoms with Gasteiger partial charge >= 0.3 is 0 Å².